The molecule has 0 aromatic carbocycles. The summed E-state index contributed by atoms with van der Waals surface area (Å²) in [5.41, 5.74) is 1.05. The van der Waals surface area contributed by atoms with Gasteiger partial charge in [0, 0.05) is 31.4 Å². The van der Waals surface area contributed by atoms with E-state index in [4.69, 9.17) is 4.42 Å². The number of carbonyl (C=O) groups is 2. The average Bonchev–Trinajstić information content (AvgIpc) is 3.48. The van der Waals surface area contributed by atoms with Gasteiger partial charge in [0.1, 0.15) is 5.76 Å². The fraction of sp³-hybridized carbons (Fsp3) is 0.565. The van der Waals surface area contributed by atoms with Crippen LogP contribution in [-0.4, -0.2) is 39.3 Å². The van der Waals surface area contributed by atoms with E-state index in [-0.39, 0.29) is 24.3 Å². The van der Waals surface area contributed by atoms with Gasteiger partial charge in [-0.2, -0.15) is 0 Å². The van der Waals surface area contributed by atoms with Crippen LogP contribution in [0.15, 0.2) is 41.1 Å². The number of aromatic nitrogens is 1. The first-order valence-corrected chi connectivity index (χ1v) is 10.8. The zero-order valence-electron chi connectivity index (χ0n) is 17.7. The Morgan fingerprint density at radius 3 is 2.55 bits per heavy atom. The first-order chi connectivity index (χ1) is 14.1. The fourth-order valence-corrected chi connectivity index (χ4v) is 3.99. The molecule has 6 nitrogen and oxygen atoms in total. The second kappa shape index (κ2) is 10.3. The van der Waals surface area contributed by atoms with Gasteiger partial charge < -0.3 is 18.8 Å². The molecular weight excluding hydrogens is 366 g/mol. The Balaban J connectivity index is 1.72. The fourth-order valence-electron chi connectivity index (χ4n) is 3.99. The van der Waals surface area contributed by atoms with Crippen LogP contribution >= 0.6 is 0 Å². The molecule has 2 amide bonds. The van der Waals surface area contributed by atoms with Crippen LogP contribution < -0.4 is 0 Å². The Bertz CT molecular complexity index is 775. The topological polar surface area (TPSA) is 58.7 Å². The van der Waals surface area contributed by atoms with Crippen molar-refractivity contribution in [3.63, 3.8) is 0 Å². The van der Waals surface area contributed by atoms with Gasteiger partial charge in [-0.3, -0.25) is 9.59 Å². The van der Waals surface area contributed by atoms with Crippen molar-refractivity contribution < 1.29 is 14.0 Å². The molecule has 0 radical (unpaired) electrons. The summed E-state index contributed by atoms with van der Waals surface area (Å²) < 4.78 is 7.50. The second-order valence-corrected chi connectivity index (χ2v) is 8.03. The smallest absolute Gasteiger partial charge is 0.242 e. The zero-order chi connectivity index (χ0) is 20.6. The number of carbonyl (C=O) groups excluding carboxylic acids is 2. The van der Waals surface area contributed by atoms with Gasteiger partial charge >= 0.3 is 0 Å². The van der Waals surface area contributed by atoms with E-state index in [9.17, 15) is 9.59 Å². The van der Waals surface area contributed by atoms with E-state index >= 15 is 0 Å². The Morgan fingerprint density at radius 2 is 1.93 bits per heavy atom. The molecular formula is C23H33N3O3. The van der Waals surface area contributed by atoms with Crippen molar-refractivity contribution in [3.8, 4) is 0 Å². The predicted molar refractivity (Wildman–Crippen MR) is 112 cm³/mol. The van der Waals surface area contributed by atoms with Crippen molar-refractivity contribution in [1.82, 2.24) is 14.4 Å². The molecule has 6 heteroatoms. The molecule has 1 fully saturated rings. The van der Waals surface area contributed by atoms with Crippen LogP contribution in [0.4, 0.5) is 0 Å². The Hall–Kier alpha value is -2.50. The van der Waals surface area contributed by atoms with Crippen LogP contribution in [-0.2, 0) is 29.7 Å². The Labute approximate surface area is 173 Å². The highest BCUT2D eigenvalue weighted by molar-refractivity contribution is 5.86. The van der Waals surface area contributed by atoms with Crippen molar-refractivity contribution >= 4 is 11.8 Å². The van der Waals surface area contributed by atoms with E-state index in [2.05, 4.69) is 6.92 Å². The van der Waals surface area contributed by atoms with Crippen LogP contribution in [0.1, 0.15) is 56.9 Å². The second-order valence-electron chi connectivity index (χ2n) is 8.03. The molecule has 1 aliphatic rings. The predicted octanol–water partition coefficient (Wildman–Crippen LogP) is 3.97. The molecule has 2 aromatic heterocycles. The summed E-state index contributed by atoms with van der Waals surface area (Å²) in [5.74, 6) is 0.951. The Morgan fingerprint density at radius 1 is 1.14 bits per heavy atom. The molecule has 0 N–H and O–H groups in total. The summed E-state index contributed by atoms with van der Waals surface area (Å²) in [5, 5.41) is 0. The number of amides is 2. The molecule has 0 bridgehead atoms. The first-order valence-electron chi connectivity index (χ1n) is 10.8. The van der Waals surface area contributed by atoms with E-state index in [1.807, 2.05) is 42.1 Å². The molecule has 0 atom stereocenters. The molecule has 0 spiro atoms. The lowest BCUT2D eigenvalue weighted by molar-refractivity contribution is -0.143. The normalized spacial score (nSPS) is 14.3. The van der Waals surface area contributed by atoms with Gasteiger partial charge in [-0.05, 0) is 43.5 Å². The van der Waals surface area contributed by atoms with Gasteiger partial charge in [0.05, 0.1) is 25.9 Å². The van der Waals surface area contributed by atoms with Crippen molar-refractivity contribution in [2.45, 2.75) is 58.5 Å². The maximum absolute atomic E-state index is 13.3. The highest BCUT2D eigenvalue weighted by Crippen LogP contribution is 2.27. The molecule has 158 valence electrons. The van der Waals surface area contributed by atoms with Crippen LogP contribution in [0.3, 0.4) is 0 Å². The Kier molecular flexibility index (Phi) is 7.55. The van der Waals surface area contributed by atoms with Gasteiger partial charge in [0.2, 0.25) is 11.8 Å². The van der Waals surface area contributed by atoms with E-state index in [0.29, 0.717) is 19.6 Å². The number of rotatable bonds is 10. The monoisotopic (exact) mass is 399 g/mol. The lowest BCUT2D eigenvalue weighted by Gasteiger charge is -2.29. The molecule has 0 saturated heterocycles. The molecule has 0 unspecified atom stereocenters. The van der Waals surface area contributed by atoms with Crippen LogP contribution in [0.2, 0.25) is 0 Å². The zero-order valence-corrected chi connectivity index (χ0v) is 17.7. The quantitative estimate of drug-likeness (QED) is 0.607. The van der Waals surface area contributed by atoms with E-state index in [1.54, 1.807) is 16.1 Å². The summed E-state index contributed by atoms with van der Waals surface area (Å²) in [6.07, 6.45) is 9.65. The summed E-state index contributed by atoms with van der Waals surface area (Å²) in [6, 6.07) is 7.70. The molecule has 29 heavy (non-hydrogen) atoms. The highest BCUT2D eigenvalue weighted by atomic mass is 16.3. The maximum Gasteiger partial charge on any atom is 0.242 e. The standard InChI is InChI=1S/C23H33N3O3/c1-3-4-14-25(23(28)19-9-5-6-10-19)18-22(27)26(17-21-12-8-15-29-21)16-20-11-7-13-24(20)2/h7-8,11-13,15,19H,3-6,9-10,14,16-18H2,1-2H3. The minimum atomic E-state index is -0.0370. The molecule has 2 heterocycles. The third-order valence-electron chi connectivity index (χ3n) is 5.81. The van der Waals surface area contributed by atoms with E-state index in [1.165, 1.54) is 0 Å². The average molecular weight is 400 g/mol. The number of aryl methyl sites for hydroxylation is 1. The minimum absolute atomic E-state index is 0.0370. The van der Waals surface area contributed by atoms with Crippen molar-refractivity contribution in [2.24, 2.45) is 13.0 Å². The number of hydrogen-bond donors (Lipinski definition) is 0. The lowest BCUT2D eigenvalue weighted by atomic mass is 10.1. The van der Waals surface area contributed by atoms with Gasteiger partial charge in [-0.25, -0.2) is 0 Å². The van der Waals surface area contributed by atoms with Crippen LogP contribution in [0, 0.1) is 5.92 Å². The summed E-state index contributed by atoms with van der Waals surface area (Å²) in [6.45, 7) is 3.79. The van der Waals surface area contributed by atoms with Crippen LogP contribution in [0.5, 0.6) is 0 Å². The first kappa shape index (κ1) is 21.2. The maximum atomic E-state index is 13.3. The third-order valence-corrected chi connectivity index (χ3v) is 5.81. The highest BCUT2D eigenvalue weighted by Gasteiger charge is 2.29. The largest absolute Gasteiger partial charge is 0.467 e. The molecule has 1 aliphatic carbocycles. The van der Waals surface area contributed by atoms with Gasteiger partial charge in [-0.15, -0.1) is 0 Å². The molecule has 0 aliphatic heterocycles. The molecule has 2 aromatic rings. The number of hydrogen-bond acceptors (Lipinski definition) is 3. The summed E-state index contributed by atoms with van der Waals surface area (Å²) >= 11 is 0. The van der Waals surface area contributed by atoms with E-state index < -0.39 is 0 Å². The van der Waals surface area contributed by atoms with E-state index in [0.717, 1.165) is 50.0 Å². The minimum Gasteiger partial charge on any atom is -0.467 e. The van der Waals surface area contributed by atoms with Gasteiger partial charge in [0.15, 0.2) is 0 Å². The molecule has 1 saturated carbocycles. The van der Waals surface area contributed by atoms with Crippen molar-refractivity contribution in [1.29, 1.82) is 0 Å². The number of nitrogens with zero attached hydrogens (tertiary/aromatic N) is 3. The van der Waals surface area contributed by atoms with Crippen molar-refractivity contribution in [3.05, 3.63) is 48.2 Å². The summed E-state index contributed by atoms with van der Waals surface area (Å²) in [7, 11) is 1.97. The SMILES string of the molecule is CCCCN(CC(=O)N(Cc1ccco1)Cc1cccn1C)C(=O)C1CCCC1. The van der Waals surface area contributed by atoms with Gasteiger partial charge in [-0.1, -0.05) is 26.2 Å². The van der Waals surface area contributed by atoms with Crippen LogP contribution in [0.25, 0.3) is 0 Å². The molecule has 3 rings (SSSR count). The number of furan rings is 1. The third kappa shape index (κ3) is 5.75. The summed E-state index contributed by atoms with van der Waals surface area (Å²) in [4.78, 5) is 29.9. The lowest BCUT2D eigenvalue weighted by Crippen LogP contribution is -2.44. The number of unbranched alkanes of at least 4 members (excludes halogenated alkanes) is 1. The van der Waals surface area contributed by atoms with Gasteiger partial charge in [0.25, 0.3) is 0 Å². The van der Waals surface area contributed by atoms with Crippen molar-refractivity contribution in [2.75, 3.05) is 13.1 Å².